The van der Waals surface area contributed by atoms with Gasteiger partial charge in [-0.3, -0.25) is 0 Å². The molecule has 0 fully saturated rings. The first kappa shape index (κ1) is 12.8. The molecule has 12 heavy (non-hydrogen) atoms. The summed E-state index contributed by atoms with van der Waals surface area (Å²) in [4.78, 5) is 0. The topological polar surface area (TPSA) is 0 Å². The minimum absolute atomic E-state index is 0.809. The third-order valence-corrected chi connectivity index (χ3v) is 8.25. The summed E-state index contributed by atoms with van der Waals surface area (Å²) in [7, 11) is -1.94. The average molecular weight is 260 g/mol. The van der Waals surface area contributed by atoms with E-state index in [4.69, 9.17) is 33.2 Å². The first-order chi connectivity index (χ1) is 5.33. The van der Waals surface area contributed by atoms with Gasteiger partial charge in [0.15, 0.2) is 0 Å². The molecule has 0 saturated heterocycles. The molecule has 0 N–H and O–H groups in total. The fourth-order valence-electron chi connectivity index (χ4n) is 0.699. The second kappa shape index (κ2) is 4.86. The molecule has 0 atom stereocenters. The zero-order valence-corrected chi connectivity index (χ0v) is 11.4. The Bertz CT molecular complexity index is 166. The lowest BCUT2D eigenvalue weighted by atomic mass is 10.9. The normalized spacial score (nSPS) is 12.7. The maximum absolute atomic E-state index is 6.22. The van der Waals surface area contributed by atoms with Crippen molar-refractivity contribution in [1.29, 1.82) is 0 Å². The molecule has 5 heteroatoms. The molecule has 0 radical (unpaired) electrons. The highest BCUT2D eigenvalue weighted by atomic mass is 35.7. The van der Waals surface area contributed by atoms with E-state index < -0.39 is 14.1 Å². The van der Waals surface area contributed by atoms with Gasteiger partial charge in [-0.2, -0.15) is 11.1 Å². The molecule has 0 rings (SSSR count). The molecule has 0 aromatic carbocycles. The van der Waals surface area contributed by atoms with Crippen molar-refractivity contribution in [2.75, 3.05) is 0 Å². The van der Waals surface area contributed by atoms with E-state index in [0.717, 1.165) is 12.1 Å². The second-order valence-corrected chi connectivity index (χ2v) is 16.4. The van der Waals surface area contributed by atoms with E-state index in [0.29, 0.717) is 0 Å². The standard InChI is InChI=1S/C7H13Cl3Si2/c1-4-12(10,5-2)7-6-11(3,8)9/h4-5H,1-2,6-7H2,3H3. The van der Waals surface area contributed by atoms with Gasteiger partial charge in [0.05, 0.1) is 0 Å². The Labute approximate surface area is 90.3 Å². The fraction of sp³-hybridized carbons (Fsp3) is 0.429. The van der Waals surface area contributed by atoms with E-state index in [9.17, 15) is 0 Å². The van der Waals surface area contributed by atoms with Crippen molar-refractivity contribution in [3.63, 3.8) is 0 Å². The average Bonchev–Trinajstić information content (AvgIpc) is 1.99. The van der Waals surface area contributed by atoms with Crippen LogP contribution in [0.15, 0.2) is 24.6 Å². The smallest absolute Gasteiger partial charge is 0.156 e. The Morgan fingerprint density at radius 2 is 1.50 bits per heavy atom. The Hall–Kier alpha value is 0.784. The minimum Gasteiger partial charge on any atom is -0.156 e. The molecule has 0 heterocycles. The van der Waals surface area contributed by atoms with Crippen LogP contribution < -0.4 is 0 Å². The zero-order chi connectivity index (χ0) is 9.83. The van der Waals surface area contributed by atoms with E-state index in [2.05, 4.69) is 13.2 Å². The maximum atomic E-state index is 6.22. The largest absolute Gasteiger partial charge is 0.248 e. The van der Waals surface area contributed by atoms with Crippen molar-refractivity contribution in [3.8, 4) is 0 Å². The number of hydrogen-bond donors (Lipinski definition) is 0. The summed E-state index contributed by atoms with van der Waals surface area (Å²) in [6.45, 7) is 7.28. The van der Waals surface area contributed by atoms with Gasteiger partial charge in [0, 0.05) is 0 Å². The molecule has 0 amide bonds. The fourth-order valence-corrected chi connectivity index (χ4v) is 7.11. The van der Waals surface area contributed by atoms with Crippen LogP contribution in [0.1, 0.15) is 0 Å². The summed E-state index contributed by atoms with van der Waals surface area (Å²) in [5.41, 5.74) is 3.60. The van der Waals surface area contributed by atoms with E-state index in [-0.39, 0.29) is 0 Å². The Balaban J connectivity index is 4.06. The summed E-state index contributed by atoms with van der Waals surface area (Å²) < 4.78 is 0. The highest BCUT2D eigenvalue weighted by Crippen LogP contribution is 2.28. The summed E-state index contributed by atoms with van der Waals surface area (Å²) in [6.07, 6.45) is 0. The van der Waals surface area contributed by atoms with Crippen molar-refractivity contribution in [1.82, 2.24) is 0 Å². The van der Waals surface area contributed by atoms with Crippen LogP contribution in [0, 0.1) is 0 Å². The van der Waals surface area contributed by atoms with Crippen molar-refractivity contribution in [2.24, 2.45) is 0 Å². The van der Waals surface area contributed by atoms with Crippen LogP contribution in [0.4, 0.5) is 0 Å². The third-order valence-electron chi connectivity index (χ3n) is 1.63. The van der Waals surface area contributed by atoms with Gasteiger partial charge in [0.25, 0.3) is 0 Å². The molecule has 0 aromatic rings. The van der Waals surface area contributed by atoms with Gasteiger partial charge < -0.3 is 0 Å². The number of halogens is 3. The van der Waals surface area contributed by atoms with E-state index in [1.165, 1.54) is 0 Å². The Kier molecular flexibility index (Phi) is 5.18. The van der Waals surface area contributed by atoms with Crippen LogP contribution >= 0.6 is 33.2 Å². The van der Waals surface area contributed by atoms with Gasteiger partial charge in [0.1, 0.15) is 0 Å². The summed E-state index contributed by atoms with van der Waals surface area (Å²) >= 11 is 18.1. The SMILES string of the molecule is C=C[Si](Cl)(C=C)CC[Si](C)(Cl)Cl. The molecule has 0 aliphatic heterocycles. The van der Waals surface area contributed by atoms with E-state index >= 15 is 0 Å². The number of rotatable bonds is 5. The quantitative estimate of drug-likeness (QED) is 0.513. The van der Waals surface area contributed by atoms with Crippen LogP contribution in [-0.2, 0) is 0 Å². The molecule has 0 aromatic heterocycles. The molecular weight excluding hydrogens is 247 g/mol. The predicted molar refractivity (Wildman–Crippen MR) is 64.9 cm³/mol. The van der Waals surface area contributed by atoms with Gasteiger partial charge in [-0.25, -0.2) is 0 Å². The first-order valence-electron chi connectivity index (χ1n) is 3.67. The maximum Gasteiger partial charge on any atom is 0.248 e. The van der Waals surface area contributed by atoms with Crippen molar-refractivity contribution >= 4 is 47.3 Å². The molecule has 0 aliphatic carbocycles. The van der Waals surface area contributed by atoms with Crippen LogP contribution in [0.2, 0.25) is 18.6 Å². The highest BCUT2D eigenvalue weighted by molar-refractivity contribution is 7.45. The second-order valence-electron chi connectivity index (χ2n) is 2.91. The predicted octanol–water partition coefficient (Wildman–Crippen LogP) is 4.17. The molecule has 0 unspecified atom stereocenters. The third kappa shape index (κ3) is 5.43. The van der Waals surface area contributed by atoms with Crippen LogP contribution in [-0.4, -0.2) is 14.1 Å². The lowest BCUT2D eigenvalue weighted by Gasteiger charge is -2.18. The Morgan fingerprint density at radius 1 is 1.08 bits per heavy atom. The Morgan fingerprint density at radius 3 is 1.75 bits per heavy atom. The van der Waals surface area contributed by atoms with Crippen molar-refractivity contribution in [3.05, 3.63) is 24.6 Å². The molecular formula is C7H13Cl3Si2. The van der Waals surface area contributed by atoms with Gasteiger partial charge in [-0.1, -0.05) is 11.4 Å². The van der Waals surface area contributed by atoms with Gasteiger partial charge in [-0.15, -0.1) is 35.3 Å². The van der Waals surface area contributed by atoms with Gasteiger partial charge in [0.2, 0.25) is 14.1 Å². The first-order valence-corrected chi connectivity index (χ1v) is 11.8. The molecule has 0 saturated carbocycles. The van der Waals surface area contributed by atoms with Crippen LogP contribution in [0.25, 0.3) is 0 Å². The molecule has 0 nitrogen and oxygen atoms in total. The minimum atomic E-state index is -2.00. The molecule has 0 aliphatic rings. The summed E-state index contributed by atoms with van der Waals surface area (Å²) in [5.74, 6) is 0. The molecule has 70 valence electrons. The van der Waals surface area contributed by atoms with Crippen LogP contribution in [0.3, 0.4) is 0 Å². The van der Waals surface area contributed by atoms with Gasteiger partial charge >= 0.3 is 0 Å². The van der Waals surface area contributed by atoms with Crippen molar-refractivity contribution < 1.29 is 0 Å². The summed E-state index contributed by atoms with van der Waals surface area (Å²) in [6, 6.07) is 1.65. The molecule has 0 spiro atoms. The zero-order valence-electron chi connectivity index (χ0n) is 7.12. The van der Waals surface area contributed by atoms with E-state index in [1.54, 1.807) is 11.4 Å². The highest BCUT2D eigenvalue weighted by Gasteiger charge is 2.29. The molecule has 0 bridgehead atoms. The lowest BCUT2D eigenvalue weighted by Crippen LogP contribution is -2.25. The van der Waals surface area contributed by atoms with E-state index in [1.807, 2.05) is 6.55 Å². The van der Waals surface area contributed by atoms with Crippen molar-refractivity contribution in [2.45, 2.75) is 18.6 Å². The summed E-state index contributed by atoms with van der Waals surface area (Å²) in [5, 5.41) is 0. The monoisotopic (exact) mass is 258 g/mol. The van der Waals surface area contributed by atoms with Crippen LogP contribution in [0.5, 0.6) is 0 Å². The lowest BCUT2D eigenvalue weighted by molar-refractivity contribution is 1.38. The van der Waals surface area contributed by atoms with Gasteiger partial charge in [-0.05, 0) is 18.6 Å². The number of hydrogen-bond acceptors (Lipinski definition) is 0.